The first-order chi connectivity index (χ1) is 8.06. The van der Waals surface area contributed by atoms with Crippen LogP contribution >= 0.6 is 23.1 Å². The Balaban J connectivity index is 2.05. The third-order valence-corrected chi connectivity index (χ3v) is 5.00. The predicted molar refractivity (Wildman–Crippen MR) is 73.1 cm³/mol. The third kappa shape index (κ3) is 3.24. The van der Waals surface area contributed by atoms with Crippen LogP contribution in [0.1, 0.15) is 29.1 Å². The zero-order chi connectivity index (χ0) is 12.4. The van der Waals surface area contributed by atoms with Gasteiger partial charge in [-0.15, -0.1) is 11.3 Å². The van der Waals surface area contributed by atoms with E-state index < -0.39 is 5.97 Å². The number of carbonyl (C=O) groups is 1. The number of nitrogens with zero attached hydrogens (tertiary/aromatic N) is 1. The van der Waals surface area contributed by atoms with E-state index in [1.54, 1.807) is 0 Å². The molecular weight excluding hydrogens is 254 g/mol. The zero-order valence-corrected chi connectivity index (χ0v) is 11.7. The number of aromatic carboxylic acids is 1. The number of thiophene rings is 1. The lowest BCUT2D eigenvalue weighted by molar-refractivity contribution is 0.0700. The second kappa shape index (κ2) is 5.42. The van der Waals surface area contributed by atoms with Crippen molar-refractivity contribution in [3.05, 3.63) is 21.9 Å². The summed E-state index contributed by atoms with van der Waals surface area (Å²) in [6.45, 7) is 7.33. The summed E-state index contributed by atoms with van der Waals surface area (Å²) in [5.74, 6) is -0.803. The highest BCUT2D eigenvalue weighted by Gasteiger charge is 2.23. The molecule has 2 atom stereocenters. The SMILES string of the molecule is CC1CN(Cc2ccsc2C(=O)O)CC(C)S1. The Morgan fingerprint density at radius 2 is 2.12 bits per heavy atom. The van der Waals surface area contributed by atoms with Gasteiger partial charge in [0.25, 0.3) is 0 Å². The maximum atomic E-state index is 11.0. The molecule has 1 N–H and O–H groups in total. The molecule has 0 saturated carbocycles. The van der Waals surface area contributed by atoms with Crippen LogP contribution in [0.25, 0.3) is 0 Å². The van der Waals surface area contributed by atoms with Crippen LogP contribution in [0, 0.1) is 0 Å². The summed E-state index contributed by atoms with van der Waals surface area (Å²) >= 11 is 3.33. The van der Waals surface area contributed by atoms with Crippen LogP contribution in [0.5, 0.6) is 0 Å². The van der Waals surface area contributed by atoms with Crippen molar-refractivity contribution in [1.82, 2.24) is 4.90 Å². The molecule has 0 aliphatic carbocycles. The molecule has 2 rings (SSSR count). The van der Waals surface area contributed by atoms with Crippen LogP contribution in [-0.4, -0.2) is 39.6 Å². The van der Waals surface area contributed by atoms with E-state index in [1.165, 1.54) is 11.3 Å². The summed E-state index contributed by atoms with van der Waals surface area (Å²) in [4.78, 5) is 13.9. The van der Waals surface area contributed by atoms with E-state index in [4.69, 9.17) is 5.11 Å². The number of rotatable bonds is 3. The zero-order valence-electron chi connectivity index (χ0n) is 10.0. The summed E-state index contributed by atoms with van der Waals surface area (Å²) < 4.78 is 0. The first-order valence-corrected chi connectivity index (χ1v) is 7.56. The van der Waals surface area contributed by atoms with Crippen LogP contribution in [0.4, 0.5) is 0 Å². The molecule has 17 heavy (non-hydrogen) atoms. The van der Waals surface area contributed by atoms with Crippen LogP contribution in [0.15, 0.2) is 11.4 Å². The minimum absolute atomic E-state index is 0.489. The summed E-state index contributed by atoms with van der Waals surface area (Å²) in [5, 5.41) is 12.2. The van der Waals surface area contributed by atoms with Gasteiger partial charge in [0.1, 0.15) is 4.88 Å². The monoisotopic (exact) mass is 271 g/mol. The summed E-state index contributed by atoms with van der Waals surface area (Å²) in [5.41, 5.74) is 0.953. The Kier molecular flexibility index (Phi) is 4.12. The first-order valence-electron chi connectivity index (χ1n) is 5.73. The van der Waals surface area contributed by atoms with Gasteiger partial charge in [-0.25, -0.2) is 4.79 Å². The molecule has 1 aromatic rings. The Morgan fingerprint density at radius 1 is 1.47 bits per heavy atom. The largest absolute Gasteiger partial charge is 0.477 e. The van der Waals surface area contributed by atoms with Crippen molar-refractivity contribution in [2.75, 3.05) is 13.1 Å². The van der Waals surface area contributed by atoms with Crippen LogP contribution in [0.3, 0.4) is 0 Å². The smallest absolute Gasteiger partial charge is 0.346 e. The minimum atomic E-state index is -0.803. The molecule has 1 fully saturated rings. The molecule has 94 valence electrons. The van der Waals surface area contributed by atoms with Gasteiger partial charge < -0.3 is 5.11 Å². The highest BCUT2D eigenvalue weighted by atomic mass is 32.2. The minimum Gasteiger partial charge on any atom is -0.477 e. The van der Waals surface area contributed by atoms with Crippen molar-refractivity contribution in [2.45, 2.75) is 30.9 Å². The maximum Gasteiger partial charge on any atom is 0.346 e. The van der Waals surface area contributed by atoms with E-state index in [-0.39, 0.29) is 0 Å². The van der Waals surface area contributed by atoms with E-state index in [0.717, 1.165) is 25.2 Å². The average Bonchev–Trinajstić information content (AvgIpc) is 2.63. The summed E-state index contributed by atoms with van der Waals surface area (Å²) in [6, 6.07) is 1.94. The summed E-state index contributed by atoms with van der Waals surface area (Å²) in [7, 11) is 0. The van der Waals surface area contributed by atoms with Gasteiger partial charge in [-0.1, -0.05) is 13.8 Å². The van der Waals surface area contributed by atoms with E-state index in [2.05, 4.69) is 18.7 Å². The molecule has 0 radical (unpaired) electrons. The van der Waals surface area contributed by atoms with Crippen molar-refractivity contribution in [3.8, 4) is 0 Å². The van der Waals surface area contributed by atoms with Crippen molar-refractivity contribution >= 4 is 29.1 Å². The van der Waals surface area contributed by atoms with Gasteiger partial charge >= 0.3 is 5.97 Å². The van der Waals surface area contributed by atoms with Gasteiger partial charge in [-0.2, -0.15) is 11.8 Å². The van der Waals surface area contributed by atoms with E-state index >= 15 is 0 Å². The van der Waals surface area contributed by atoms with Crippen molar-refractivity contribution in [3.63, 3.8) is 0 Å². The lowest BCUT2D eigenvalue weighted by atomic mass is 10.2. The molecule has 2 unspecified atom stereocenters. The molecule has 1 aliphatic rings. The van der Waals surface area contributed by atoms with Gasteiger partial charge in [-0.3, -0.25) is 4.90 Å². The highest BCUT2D eigenvalue weighted by Crippen LogP contribution is 2.27. The molecule has 0 bridgehead atoms. The van der Waals surface area contributed by atoms with Gasteiger partial charge in [0.05, 0.1) is 0 Å². The lowest BCUT2D eigenvalue weighted by Crippen LogP contribution is -2.39. The molecule has 0 amide bonds. The molecule has 3 nitrogen and oxygen atoms in total. The van der Waals surface area contributed by atoms with Crippen molar-refractivity contribution in [2.24, 2.45) is 0 Å². The fraction of sp³-hybridized carbons (Fsp3) is 0.583. The van der Waals surface area contributed by atoms with Crippen LogP contribution in [-0.2, 0) is 6.54 Å². The fourth-order valence-corrected chi connectivity index (χ4v) is 4.44. The predicted octanol–water partition coefficient (Wildman–Crippen LogP) is 2.77. The lowest BCUT2D eigenvalue weighted by Gasteiger charge is -2.34. The maximum absolute atomic E-state index is 11.0. The molecule has 2 heterocycles. The Bertz CT molecular complexity index is 395. The first kappa shape index (κ1) is 12.9. The van der Waals surface area contributed by atoms with E-state index in [9.17, 15) is 4.79 Å². The highest BCUT2D eigenvalue weighted by molar-refractivity contribution is 8.00. The Hall–Kier alpha value is -0.520. The Morgan fingerprint density at radius 3 is 2.71 bits per heavy atom. The van der Waals surface area contributed by atoms with Crippen molar-refractivity contribution < 1.29 is 9.90 Å². The third-order valence-electron chi connectivity index (χ3n) is 2.83. The number of carboxylic acid groups (broad SMARTS) is 1. The van der Waals surface area contributed by atoms with Crippen LogP contribution in [0.2, 0.25) is 0 Å². The normalized spacial score (nSPS) is 26.0. The number of thioether (sulfide) groups is 1. The van der Waals surface area contributed by atoms with Gasteiger partial charge in [0.15, 0.2) is 0 Å². The second-order valence-electron chi connectivity index (χ2n) is 4.53. The van der Waals surface area contributed by atoms with E-state index in [0.29, 0.717) is 15.4 Å². The van der Waals surface area contributed by atoms with Gasteiger partial charge in [0, 0.05) is 30.1 Å². The van der Waals surface area contributed by atoms with E-state index in [1.807, 2.05) is 23.2 Å². The number of carboxylic acids is 1. The molecule has 0 spiro atoms. The number of hydrogen-bond donors (Lipinski definition) is 1. The fourth-order valence-electron chi connectivity index (χ4n) is 2.30. The molecule has 1 aromatic heterocycles. The van der Waals surface area contributed by atoms with Crippen LogP contribution < -0.4 is 0 Å². The molecule has 5 heteroatoms. The molecule has 1 saturated heterocycles. The van der Waals surface area contributed by atoms with Crippen molar-refractivity contribution in [1.29, 1.82) is 0 Å². The van der Waals surface area contributed by atoms with Gasteiger partial charge in [0.2, 0.25) is 0 Å². The quantitative estimate of drug-likeness (QED) is 0.917. The Labute approximate surface area is 110 Å². The molecule has 1 aliphatic heterocycles. The molecule has 0 aromatic carbocycles. The van der Waals surface area contributed by atoms with Gasteiger partial charge in [-0.05, 0) is 17.0 Å². The standard InChI is InChI=1S/C12H17NO2S2/c1-8-5-13(6-9(2)17-8)7-10-3-4-16-11(10)12(14)15/h3-4,8-9H,5-7H2,1-2H3,(H,14,15). The molecular formula is C12H17NO2S2. The topological polar surface area (TPSA) is 40.5 Å². The average molecular weight is 271 g/mol. The summed E-state index contributed by atoms with van der Waals surface area (Å²) in [6.07, 6.45) is 0. The number of hydrogen-bond acceptors (Lipinski definition) is 4. The second-order valence-corrected chi connectivity index (χ2v) is 7.33.